The van der Waals surface area contributed by atoms with Gasteiger partial charge in [-0.1, -0.05) is 218 Å². The Balaban J connectivity index is 0.731. The first-order valence-corrected chi connectivity index (χ1v) is 32.5. The molecule has 0 bridgehead atoms. The molecule has 11 aromatic carbocycles. The fourth-order valence-corrected chi connectivity index (χ4v) is 14.3. The molecular formula is C81H51N11S2. The summed E-state index contributed by atoms with van der Waals surface area (Å²) in [5.41, 5.74) is 17.8. The van der Waals surface area contributed by atoms with Crippen molar-refractivity contribution in [1.29, 1.82) is 0 Å². The maximum absolute atomic E-state index is 5.37. The molecular weight excluding hydrogens is 1190 g/mol. The van der Waals surface area contributed by atoms with Crippen molar-refractivity contribution in [3.8, 4) is 114 Å². The van der Waals surface area contributed by atoms with Gasteiger partial charge in [-0.25, -0.2) is 44.9 Å². The van der Waals surface area contributed by atoms with E-state index in [4.69, 9.17) is 44.9 Å². The van der Waals surface area contributed by atoms with Crippen molar-refractivity contribution in [3.05, 3.63) is 309 Å². The van der Waals surface area contributed by atoms with E-state index in [1.54, 1.807) is 23.5 Å². The van der Waals surface area contributed by atoms with Crippen LogP contribution >= 0.6 is 23.5 Å². The van der Waals surface area contributed by atoms with Crippen LogP contribution in [-0.2, 0) is 0 Å². The highest BCUT2D eigenvalue weighted by Gasteiger charge is 2.29. The molecule has 0 spiro atoms. The second-order valence-electron chi connectivity index (χ2n) is 22.6. The molecule has 0 fully saturated rings. The normalized spacial score (nSPS) is 12.1. The molecule has 0 unspecified atom stereocenters. The van der Waals surface area contributed by atoms with E-state index in [2.05, 4.69) is 204 Å². The summed E-state index contributed by atoms with van der Waals surface area (Å²) in [7, 11) is 0. The third kappa shape index (κ3) is 10.8. The number of pyridine rings is 1. The van der Waals surface area contributed by atoms with E-state index in [0.717, 1.165) is 111 Å². The van der Waals surface area contributed by atoms with Gasteiger partial charge in [0.05, 0.1) is 39.8 Å². The lowest BCUT2D eigenvalue weighted by molar-refractivity contribution is 1.03. The van der Waals surface area contributed by atoms with Crippen molar-refractivity contribution in [3.63, 3.8) is 0 Å². The molecule has 0 saturated heterocycles. The Morgan fingerprint density at radius 1 is 0.202 bits per heavy atom. The smallest absolute Gasteiger partial charge is 0.201 e. The van der Waals surface area contributed by atoms with Gasteiger partial charge >= 0.3 is 0 Å². The largest absolute Gasteiger partial charge is 0.308 e. The molecule has 0 saturated carbocycles. The highest BCUT2D eigenvalue weighted by Crippen LogP contribution is 2.55. The SMILES string of the molecule is c1ccc(-c2cccc(-c3nc(-c4ccccc4)nc(-c4ccc(N5c6ccccc6Sc6c(-c7cccc(-c8cc(-c9ccccc9)nc(-c9nc(-c%10ccccc%10)nc(-c%10ccc(N%11c%12ccccc%12Sc%12ccccc%12%11)cc%10)n9)n8)c7)cccc65)cc4)n3)n2)cc1. The van der Waals surface area contributed by atoms with Crippen LogP contribution in [0.15, 0.2) is 329 Å². The number of para-hydroxylation sites is 3. The third-order valence-electron chi connectivity index (χ3n) is 16.6. The minimum Gasteiger partial charge on any atom is -0.308 e. The van der Waals surface area contributed by atoms with E-state index in [9.17, 15) is 0 Å². The van der Waals surface area contributed by atoms with Crippen molar-refractivity contribution in [2.75, 3.05) is 9.80 Å². The first kappa shape index (κ1) is 56.0. The molecule has 6 heterocycles. The lowest BCUT2D eigenvalue weighted by Gasteiger charge is -2.34. The molecule has 0 N–H and O–H groups in total. The number of nitrogens with zero attached hydrogens (tertiary/aromatic N) is 11. The highest BCUT2D eigenvalue weighted by atomic mass is 32.2. The molecule has 11 nitrogen and oxygen atoms in total. The third-order valence-corrected chi connectivity index (χ3v) is 18.9. The fourth-order valence-electron chi connectivity index (χ4n) is 12.1. The van der Waals surface area contributed by atoms with Gasteiger partial charge in [-0.2, -0.15) is 0 Å². The lowest BCUT2D eigenvalue weighted by Crippen LogP contribution is -2.15. The number of anilines is 6. The zero-order valence-electron chi connectivity index (χ0n) is 50.2. The van der Waals surface area contributed by atoms with E-state index in [1.807, 2.05) is 115 Å². The van der Waals surface area contributed by atoms with Crippen molar-refractivity contribution in [2.24, 2.45) is 0 Å². The van der Waals surface area contributed by atoms with Crippen molar-refractivity contribution in [2.45, 2.75) is 19.6 Å². The first-order chi connectivity index (χ1) is 46.5. The Labute approximate surface area is 551 Å². The standard InChI is InChI=1S/C81H51N11S2/c1-5-22-52(23-6-1)63-33-21-34-64(82-63)79-87-75(54-26-9-3-10-27-54)85-77(88-79)56-44-48-61(49-45-56)92-69-37-15-18-41-73(69)94-74-62(32-20-38-70(74)92)58-30-19-31-59(50-58)66-51-65(53-24-7-2-8-25-53)83-80(84-66)81-89-76(55-28-11-4-12-29-55)86-78(90-81)57-42-46-60(47-43-57)91-67-35-13-16-39-71(67)93-72-40-17-14-36-68(72)91/h1-51H. The van der Waals surface area contributed by atoms with E-state index in [-0.39, 0.29) is 0 Å². The molecule has 442 valence electrons. The summed E-state index contributed by atoms with van der Waals surface area (Å²) in [6.07, 6.45) is 0. The van der Waals surface area contributed by atoms with E-state index in [1.165, 1.54) is 9.79 Å². The Morgan fingerprint density at radius 3 is 1.11 bits per heavy atom. The first-order valence-electron chi connectivity index (χ1n) is 30.8. The molecule has 94 heavy (non-hydrogen) atoms. The van der Waals surface area contributed by atoms with Crippen molar-refractivity contribution in [1.82, 2.24) is 44.9 Å². The average molecular weight is 1240 g/mol. The number of rotatable bonds is 12. The number of benzene rings is 11. The number of fused-ring (bicyclic) bond motifs is 4. The highest BCUT2D eigenvalue weighted by molar-refractivity contribution is 8.00. The molecule has 0 aliphatic carbocycles. The molecule has 2 aliphatic heterocycles. The predicted molar refractivity (Wildman–Crippen MR) is 379 cm³/mol. The minimum atomic E-state index is 0.358. The number of aromatic nitrogens is 9. The number of hydrogen-bond acceptors (Lipinski definition) is 13. The summed E-state index contributed by atoms with van der Waals surface area (Å²) in [5, 5.41) is 0. The van der Waals surface area contributed by atoms with Crippen LogP contribution in [0.2, 0.25) is 0 Å². The van der Waals surface area contributed by atoms with Crippen molar-refractivity contribution < 1.29 is 0 Å². The molecule has 4 aromatic heterocycles. The Hall–Kier alpha value is -12.0. The number of hydrogen-bond donors (Lipinski definition) is 0. The monoisotopic (exact) mass is 1240 g/mol. The molecule has 0 amide bonds. The molecule has 2 aliphatic rings. The molecule has 17 rings (SSSR count). The summed E-state index contributed by atoms with van der Waals surface area (Å²) >= 11 is 3.57. The lowest BCUT2D eigenvalue weighted by atomic mass is 9.99. The van der Waals surface area contributed by atoms with E-state index < -0.39 is 0 Å². The molecule has 15 aromatic rings. The second kappa shape index (κ2) is 24.3. The summed E-state index contributed by atoms with van der Waals surface area (Å²) in [6, 6.07) is 106. The zero-order valence-corrected chi connectivity index (χ0v) is 51.8. The topological polar surface area (TPSA) is 122 Å². The average Bonchev–Trinajstić information content (AvgIpc) is 0.766. The van der Waals surface area contributed by atoms with Gasteiger partial charge in [-0.15, -0.1) is 0 Å². The van der Waals surface area contributed by atoms with Crippen LogP contribution in [0.3, 0.4) is 0 Å². The van der Waals surface area contributed by atoms with Crippen LogP contribution < -0.4 is 9.80 Å². The van der Waals surface area contributed by atoms with Crippen LogP contribution in [0.1, 0.15) is 0 Å². The Bertz CT molecular complexity index is 5290. The maximum Gasteiger partial charge on any atom is 0.201 e. The van der Waals surface area contributed by atoms with E-state index in [0.29, 0.717) is 46.5 Å². The van der Waals surface area contributed by atoms with Gasteiger partial charge < -0.3 is 9.80 Å². The molecule has 0 radical (unpaired) electrons. The Kier molecular flexibility index (Phi) is 14.5. The van der Waals surface area contributed by atoms with Crippen LogP contribution in [0.5, 0.6) is 0 Å². The van der Waals surface area contributed by atoms with E-state index >= 15 is 0 Å². The zero-order chi connectivity index (χ0) is 62.3. The van der Waals surface area contributed by atoms with Gasteiger partial charge in [0.15, 0.2) is 34.9 Å². The maximum atomic E-state index is 5.37. The summed E-state index contributed by atoms with van der Waals surface area (Å²) in [4.78, 5) is 55.7. The summed E-state index contributed by atoms with van der Waals surface area (Å²) in [5.74, 6) is 3.37. The van der Waals surface area contributed by atoms with Gasteiger partial charge in [0, 0.05) is 69.9 Å². The second-order valence-corrected chi connectivity index (χ2v) is 24.7. The van der Waals surface area contributed by atoms with Gasteiger partial charge in [0.2, 0.25) is 5.82 Å². The van der Waals surface area contributed by atoms with Gasteiger partial charge in [-0.05, 0) is 126 Å². The quantitative estimate of drug-likeness (QED) is 0.115. The van der Waals surface area contributed by atoms with Gasteiger partial charge in [0.1, 0.15) is 5.69 Å². The van der Waals surface area contributed by atoms with Gasteiger partial charge in [-0.3, -0.25) is 0 Å². The van der Waals surface area contributed by atoms with Crippen LogP contribution in [0.25, 0.3) is 114 Å². The molecule has 13 heteroatoms. The Morgan fingerprint density at radius 2 is 0.564 bits per heavy atom. The van der Waals surface area contributed by atoms with Gasteiger partial charge in [0.25, 0.3) is 0 Å². The van der Waals surface area contributed by atoms with Crippen LogP contribution in [0, 0.1) is 0 Å². The van der Waals surface area contributed by atoms with Crippen LogP contribution in [0.4, 0.5) is 34.1 Å². The van der Waals surface area contributed by atoms with Crippen molar-refractivity contribution >= 4 is 57.6 Å². The fraction of sp³-hybridized carbons (Fsp3) is 0. The summed E-state index contributed by atoms with van der Waals surface area (Å²) in [6.45, 7) is 0. The molecule has 0 atom stereocenters. The minimum absolute atomic E-state index is 0.358. The summed E-state index contributed by atoms with van der Waals surface area (Å²) < 4.78 is 0. The predicted octanol–water partition coefficient (Wildman–Crippen LogP) is 20.8. The van der Waals surface area contributed by atoms with Crippen LogP contribution in [-0.4, -0.2) is 44.9 Å².